The molecule has 1 saturated heterocycles. The van der Waals surface area contributed by atoms with Crippen LogP contribution < -0.4 is 0 Å². The Labute approximate surface area is 223 Å². The number of fused-ring (bicyclic) bond motifs is 1. The Kier molecular flexibility index (Phi) is 8.75. The highest BCUT2D eigenvalue weighted by atomic mass is 16.4. The summed E-state index contributed by atoms with van der Waals surface area (Å²) in [6.45, 7) is 4.73. The summed E-state index contributed by atoms with van der Waals surface area (Å²) in [5, 5.41) is 42.7. The van der Waals surface area contributed by atoms with E-state index in [9.17, 15) is 14.7 Å². The maximum atomic E-state index is 10.2. The van der Waals surface area contributed by atoms with Gasteiger partial charge in [0, 0.05) is 18.0 Å². The van der Waals surface area contributed by atoms with E-state index in [4.69, 9.17) is 20.4 Å². The number of benzene rings is 2. The minimum atomic E-state index is -2.27. The number of carbonyl (C=O) groups is 2. The quantitative estimate of drug-likeness (QED) is 0.370. The van der Waals surface area contributed by atoms with Gasteiger partial charge in [0.15, 0.2) is 12.2 Å². The number of likely N-dealkylation sites (tertiary alicyclic amines) is 1. The fourth-order valence-corrected chi connectivity index (χ4v) is 7.05. The molecule has 2 aromatic carbocycles. The molecule has 2 fully saturated rings. The second kappa shape index (κ2) is 11.8. The van der Waals surface area contributed by atoms with Crippen LogP contribution in [0.1, 0.15) is 68.1 Å². The highest BCUT2D eigenvalue weighted by Gasteiger charge is 2.53. The number of aliphatic hydroxyl groups excluding tert-OH is 2. The molecule has 1 heterocycles. The van der Waals surface area contributed by atoms with Crippen LogP contribution in [-0.4, -0.2) is 73.7 Å². The molecule has 1 saturated carbocycles. The third-order valence-corrected chi connectivity index (χ3v) is 8.96. The lowest BCUT2D eigenvalue weighted by atomic mass is 9.52. The molecule has 1 unspecified atom stereocenters. The van der Waals surface area contributed by atoms with Crippen molar-refractivity contribution in [2.75, 3.05) is 13.1 Å². The molecule has 8 nitrogen and oxygen atoms in total. The number of hydrogen-bond acceptors (Lipinski definition) is 6. The maximum absolute atomic E-state index is 10.2. The summed E-state index contributed by atoms with van der Waals surface area (Å²) >= 11 is 0. The van der Waals surface area contributed by atoms with Crippen molar-refractivity contribution in [1.82, 2.24) is 4.90 Å². The minimum absolute atomic E-state index is 0.320. The van der Waals surface area contributed by atoms with Crippen LogP contribution >= 0.6 is 0 Å². The lowest BCUT2D eigenvalue weighted by Crippen LogP contribution is -2.61. The molecule has 8 heteroatoms. The van der Waals surface area contributed by atoms with Crippen molar-refractivity contribution in [2.45, 2.75) is 81.5 Å². The van der Waals surface area contributed by atoms with Crippen LogP contribution in [0.4, 0.5) is 0 Å². The van der Waals surface area contributed by atoms with Crippen molar-refractivity contribution in [3.8, 4) is 5.75 Å². The second-order valence-electron chi connectivity index (χ2n) is 10.9. The average Bonchev–Trinajstić information content (AvgIpc) is 2.93. The molecule has 2 bridgehead atoms. The highest BCUT2D eigenvalue weighted by molar-refractivity contribution is 5.83. The molecular formula is C30H39NO7. The Hall–Kier alpha value is -2.94. The predicted molar refractivity (Wildman–Crippen MR) is 142 cm³/mol. The van der Waals surface area contributed by atoms with Gasteiger partial charge in [-0.3, -0.25) is 4.90 Å². The molecule has 38 heavy (non-hydrogen) atoms. The van der Waals surface area contributed by atoms with Gasteiger partial charge in [0.1, 0.15) is 5.75 Å². The molecule has 5 rings (SSSR count). The number of rotatable bonds is 7. The number of phenols is 1. The fourth-order valence-electron chi connectivity index (χ4n) is 7.05. The average molecular weight is 526 g/mol. The van der Waals surface area contributed by atoms with Gasteiger partial charge in [-0.05, 0) is 79.3 Å². The number of piperidine rings is 1. The topological polar surface area (TPSA) is 139 Å². The smallest absolute Gasteiger partial charge is 0.335 e. The molecule has 0 radical (unpaired) electrons. The van der Waals surface area contributed by atoms with Gasteiger partial charge in [-0.1, -0.05) is 56.2 Å². The first kappa shape index (κ1) is 28.1. The maximum Gasteiger partial charge on any atom is 0.335 e. The minimum Gasteiger partial charge on any atom is -0.508 e. The zero-order valence-electron chi connectivity index (χ0n) is 21.9. The molecule has 206 valence electrons. The number of carboxylic acids is 2. The first-order valence-electron chi connectivity index (χ1n) is 13.6. The molecule has 6 atom stereocenters. The van der Waals surface area contributed by atoms with Crippen molar-refractivity contribution in [3.63, 3.8) is 0 Å². The standard InChI is InChI=1S/C26H33NO.C4H6O6/c1-2-19(20-8-4-3-5-9-20)18-27-15-14-26-13-7-6-10-23(26)25(27)16-21-11-12-22(28)17-24(21)26;5-1(3(7)8)2(6)4(9)10/h3-5,8-9,11-12,17,19,23,25,28H,2,6-7,10,13-16,18H2,1H3;1-2,5-6H,(H,7,8)(H,9,10)/t19?,23-,25-,26-;1-,2-/m01/s1. The number of aromatic hydroxyl groups is 1. The Balaban J connectivity index is 0.000000289. The monoisotopic (exact) mass is 525 g/mol. The van der Waals surface area contributed by atoms with E-state index >= 15 is 0 Å². The van der Waals surface area contributed by atoms with E-state index in [0.29, 0.717) is 23.1 Å². The Bertz CT molecular complexity index is 1100. The summed E-state index contributed by atoms with van der Waals surface area (Å²) < 4.78 is 0. The van der Waals surface area contributed by atoms with E-state index in [2.05, 4.69) is 54.3 Å². The lowest BCUT2D eigenvalue weighted by molar-refractivity contribution is -0.165. The predicted octanol–water partition coefficient (Wildman–Crippen LogP) is 3.52. The van der Waals surface area contributed by atoms with Gasteiger partial charge in [-0.15, -0.1) is 0 Å². The molecule has 2 aromatic rings. The SMILES string of the molecule is CCC(CN1CC[C@@]23CCCC[C@H]2[C@@H]1Cc1ccc(O)cc13)c1ccccc1.O=C(O)[C@H](O)[C@@H](O)C(=O)O. The van der Waals surface area contributed by atoms with Crippen molar-refractivity contribution in [1.29, 1.82) is 0 Å². The van der Waals surface area contributed by atoms with Crippen LogP contribution in [0.15, 0.2) is 48.5 Å². The third kappa shape index (κ3) is 5.58. The zero-order chi connectivity index (χ0) is 27.4. The van der Waals surface area contributed by atoms with Crippen LogP contribution in [0, 0.1) is 5.92 Å². The number of carboxylic acid groups (broad SMARTS) is 2. The third-order valence-electron chi connectivity index (χ3n) is 8.96. The van der Waals surface area contributed by atoms with E-state index in [1.165, 1.54) is 68.3 Å². The Morgan fingerprint density at radius 1 is 1.00 bits per heavy atom. The first-order valence-corrected chi connectivity index (χ1v) is 13.6. The molecule has 1 aliphatic heterocycles. The summed E-state index contributed by atoms with van der Waals surface area (Å²) in [4.78, 5) is 22.4. The first-order chi connectivity index (χ1) is 18.2. The molecule has 2 aliphatic carbocycles. The van der Waals surface area contributed by atoms with Crippen LogP contribution in [0.3, 0.4) is 0 Å². The van der Waals surface area contributed by atoms with Gasteiger partial charge in [0.25, 0.3) is 0 Å². The normalized spacial score (nSPS) is 26.5. The number of hydrogen-bond donors (Lipinski definition) is 5. The van der Waals surface area contributed by atoms with E-state index in [1.807, 2.05) is 6.07 Å². The highest BCUT2D eigenvalue weighted by Crippen LogP contribution is 2.56. The van der Waals surface area contributed by atoms with Gasteiger partial charge >= 0.3 is 11.9 Å². The number of phenolic OH excluding ortho intramolecular Hbond substituents is 1. The summed E-state index contributed by atoms with van der Waals surface area (Å²) in [5.74, 6) is -1.70. The van der Waals surface area contributed by atoms with Crippen LogP contribution in [0.25, 0.3) is 0 Å². The summed E-state index contributed by atoms with van der Waals surface area (Å²) in [7, 11) is 0. The molecular weight excluding hydrogens is 486 g/mol. The van der Waals surface area contributed by atoms with Crippen molar-refractivity contribution in [2.24, 2.45) is 5.92 Å². The van der Waals surface area contributed by atoms with E-state index < -0.39 is 24.1 Å². The van der Waals surface area contributed by atoms with Crippen LogP contribution in [0.5, 0.6) is 5.75 Å². The summed E-state index contributed by atoms with van der Waals surface area (Å²) in [6, 6.07) is 18.0. The van der Waals surface area contributed by atoms with E-state index in [-0.39, 0.29) is 0 Å². The van der Waals surface area contributed by atoms with Gasteiger partial charge in [0.2, 0.25) is 0 Å². The number of aliphatic carboxylic acids is 2. The Morgan fingerprint density at radius 3 is 2.32 bits per heavy atom. The molecule has 3 aliphatic rings. The van der Waals surface area contributed by atoms with Gasteiger partial charge < -0.3 is 25.5 Å². The zero-order valence-corrected chi connectivity index (χ0v) is 21.9. The van der Waals surface area contributed by atoms with Crippen molar-refractivity contribution >= 4 is 11.9 Å². The molecule has 0 spiro atoms. The second-order valence-corrected chi connectivity index (χ2v) is 10.9. The molecule has 0 aromatic heterocycles. The summed E-state index contributed by atoms with van der Waals surface area (Å²) in [5.41, 5.74) is 4.80. The van der Waals surface area contributed by atoms with E-state index in [1.54, 1.807) is 0 Å². The lowest BCUT2D eigenvalue weighted by Gasteiger charge is -2.59. The largest absolute Gasteiger partial charge is 0.508 e. The summed E-state index contributed by atoms with van der Waals surface area (Å²) in [6.07, 6.45) is 4.49. The molecule has 0 amide bonds. The van der Waals surface area contributed by atoms with Gasteiger partial charge in [0.05, 0.1) is 0 Å². The molecule has 5 N–H and O–H groups in total. The van der Waals surface area contributed by atoms with Crippen LogP contribution in [-0.2, 0) is 21.4 Å². The fraction of sp³-hybridized carbons (Fsp3) is 0.533. The van der Waals surface area contributed by atoms with Crippen molar-refractivity contribution in [3.05, 3.63) is 65.2 Å². The van der Waals surface area contributed by atoms with Gasteiger partial charge in [-0.25, -0.2) is 9.59 Å². The van der Waals surface area contributed by atoms with E-state index in [0.717, 1.165) is 12.3 Å². The Morgan fingerprint density at radius 2 is 1.68 bits per heavy atom. The van der Waals surface area contributed by atoms with Gasteiger partial charge in [-0.2, -0.15) is 0 Å². The number of nitrogens with zero attached hydrogens (tertiary/aromatic N) is 1. The number of aliphatic hydroxyl groups is 2. The van der Waals surface area contributed by atoms with Crippen LogP contribution in [0.2, 0.25) is 0 Å². The van der Waals surface area contributed by atoms with Crippen molar-refractivity contribution < 1.29 is 35.1 Å².